The molecular formula is C25H24ClN3O4S. The van der Waals surface area contributed by atoms with Crippen LogP contribution in [-0.2, 0) is 6.54 Å². The Bertz CT molecular complexity index is 1310. The molecule has 2 heterocycles. The van der Waals surface area contributed by atoms with Gasteiger partial charge in [0.1, 0.15) is 13.2 Å². The topological polar surface area (TPSA) is 95.9 Å². The van der Waals surface area contributed by atoms with Crippen molar-refractivity contribution in [3.63, 3.8) is 0 Å². The molecule has 7 nitrogen and oxygen atoms in total. The molecule has 0 saturated heterocycles. The summed E-state index contributed by atoms with van der Waals surface area (Å²) in [4.78, 5) is 0. The third-order valence-electron chi connectivity index (χ3n) is 5.68. The molecule has 3 aromatic carbocycles. The van der Waals surface area contributed by atoms with Gasteiger partial charge in [0.05, 0.1) is 34.7 Å². The van der Waals surface area contributed by atoms with Crippen LogP contribution in [0.1, 0.15) is 5.56 Å². The first-order chi connectivity index (χ1) is 16.7. The molecule has 0 bridgehead atoms. The maximum atomic E-state index is 9.22. The van der Waals surface area contributed by atoms with Gasteiger partial charge in [0.2, 0.25) is 0 Å². The minimum atomic E-state index is -0.335. The van der Waals surface area contributed by atoms with Crippen LogP contribution in [0.3, 0.4) is 0 Å². The van der Waals surface area contributed by atoms with Gasteiger partial charge < -0.3 is 30.3 Å². The lowest BCUT2D eigenvalue weighted by atomic mass is 10.0. The molecule has 0 atom stereocenters. The highest BCUT2D eigenvalue weighted by atomic mass is 35.5. The highest BCUT2D eigenvalue weighted by molar-refractivity contribution is 7.13. The van der Waals surface area contributed by atoms with E-state index in [1.165, 1.54) is 11.5 Å². The van der Waals surface area contributed by atoms with Crippen LogP contribution in [0.2, 0.25) is 5.02 Å². The van der Waals surface area contributed by atoms with Gasteiger partial charge in [-0.15, -0.1) is 0 Å². The maximum absolute atomic E-state index is 9.22. The standard InChI is InChI=1S/C25H24ClN3O4S/c26-24-18(16-5-7-21-22(11-16)33-9-8-32-21)2-1-3-20(24)28-25-19-6-4-15(10-23(19)34-29-25)12-27-17(13-30)14-31/h1-7,10-11,17,27,30-31H,8-9,12-14H2,(H,28,29). The Labute approximate surface area is 206 Å². The number of hydrogen-bond donors (Lipinski definition) is 4. The second-order valence-corrected chi connectivity index (χ2v) is 9.14. The van der Waals surface area contributed by atoms with Crippen LogP contribution in [0, 0.1) is 0 Å². The first kappa shape index (κ1) is 22.9. The van der Waals surface area contributed by atoms with Crippen molar-refractivity contribution in [1.82, 2.24) is 9.69 Å². The van der Waals surface area contributed by atoms with Gasteiger partial charge in [0.25, 0.3) is 0 Å². The third kappa shape index (κ3) is 4.68. The Hall–Kier alpha value is -2.88. The minimum absolute atomic E-state index is 0.112. The first-order valence-electron chi connectivity index (χ1n) is 10.9. The molecule has 1 aromatic heterocycles. The Kier molecular flexibility index (Phi) is 6.85. The normalized spacial score (nSPS) is 12.9. The van der Waals surface area contributed by atoms with Crippen LogP contribution >= 0.6 is 23.1 Å². The summed E-state index contributed by atoms with van der Waals surface area (Å²) >= 11 is 8.21. The van der Waals surface area contributed by atoms with Crippen molar-refractivity contribution in [3.8, 4) is 22.6 Å². The van der Waals surface area contributed by atoms with Crippen LogP contribution in [0.5, 0.6) is 11.5 Å². The smallest absolute Gasteiger partial charge is 0.161 e. The van der Waals surface area contributed by atoms with E-state index in [4.69, 9.17) is 21.1 Å². The monoisotopic (exact) mass is 497 g/mol. The fraction of sp³-hybridized carbons (Fsp3) is 0.240. The number of nitrogens with zero attached hydrogens (tertiary/aromatic N) is 1. The molecule has 5 rings (SSSR count). The van der Waals surface area contributed by atoms with Crippen molar-refractivity contribution < 1.29 is 19.7 Å². The number of ether oxygens (including phenoxy) is 2. The Morgan fingerprint density at radius 3 is 2.65 bits per heavy atom. The summed E-state index contributed by atoms with van der Waals surface area (Å²) in [6.45, 7) is 1.41. The van der Waals surface area contributed by atoms with Gasteiger partial charge in [-0.3, -0.25) is 0 Å². The Morgan fingerprint density at radius 2 is 1.82 bits per heavy atom. The predicted molar refractivity (Wildman–Crippen MR) is 136 cm³/mol. The molecule has 1 aliphatic rings. The number of anilines is 2. The van der Waals surface area contributed by atoms with Gasteiger partial charge in [-0.2, -0.15) is 4.37 Å². The van der Waals surface area contributed by atoms with Crippen molar-refractivity contribution in [2.45, 2.75) is 12.6 Å². The number of nitrogens with one attached hydrogen (secondary N) is 2. The summed E-state index contributed by atoms with van der Waals surface area (Å²) in [5.74, 6) is 2.20. The largest absolute Gasteiger partial charge is 0.486 e. The lowest BCUT2D eigenvalue weighted by Gasteiger charge is -2.19. The lowest BCUT2D eigenvalue weighted by Crippen LogP contribution is -2.35. The molecule has 34 heavy (non-hydrogen) atoms. The zero-order valence-electron chi connectivity index (χ0n) is 18.3. The van der Waals surface area contributed by atoms with Crippen molar-refractivity contribution in [2.75, 3.05) is 31.7 Å². The van der Waals surface area contributed by atoms with Crippen LogP contribution in [0.25, 0.3) is 21.2 Å². The molecule has 9 heteroatoms. The summed E-state index contributed by atoms with van der Waals surface area (Å²) in [6, 6.07) is 17.4. The van der Waals surface area contributed by atoms with Crippen LogP contribution < -0.4 is 20.1 Å². The van der Waals surface area contributed by atoms with Gasteiger partial charge >= 0.3 is 0 Å². The third-order valence-corrected chi connectivity index (χ3v) is 6.89. The molecule has 0 fully saturated rings. The van der Waals surface area contributed by atoms with E-state index in [0.29, 0.717) is 24.8 Å². The van der Waals surface area contributed by atoms with E-state index in [1.54, 1.807) is 0 Å². The van der Waals surface area contributed by atoms with E-state index in [2.05, 4.69) is 21.1 Å². The summed E-state index contributed by atoms with van der Waals surface area (Å²) in [5.41, 5.74) is 3.65. The number of benzene rings is 3. The average Bonchev–Trinajstić information content (AvgIpc) is 3.27. The number of aliphatic hydroxyl groups excluding tert-OH is 2. The highest BCUT2D eigenvalue weighted by Crippen LogP contribution is 2.40. The van der Waals surface area contributed by atoms with Gasteiger partial charge in [0.15, 0.2) is 17.3 Å². The molecule has 0 aliphatic carbocycles. The van der Waals surface area contributed by atoms with Gasteiger partial charge in [-0.05, 0) is 53.0 Å². The second-order valence-electron chi connectivity index (χ2n) is 7.96. The Balaban J connectivity index is 1.38. The quantitative estimate of drug-likeness (QED) is 0.283. The van der Waals surface area contributed by atoms with Crippen LogP contribution in [0.4, 0.5) is 11.5 Å². The van der Waals surface area contributed by atoms with E-state index >= 15 is 0 Å². The van der Waals surface area contributed by atoms with Crippen molar-refractivity contribution in [1.29, 1.82) is 0 Å². The molecule has 1 aliphatic heterocycles. The van der Waals surface area contributed by atoms with Crippen LogP contribution in [0.15, 0.2) is 54.6 Å². The maximum Gasteiger partial charge on any atom is 0.161 e. The predicted octanol–water partition coefficient (Wildman–Crippen LogP) is 4.57. The molecule has 0 radical (unpaired) electrons. The molecule has 0 unspecified atom stereocenters. The molecular weight excluding hydrogens is 474 g/mol. The van der Waals surface area contributed by atoms with Crippen molar-refractivity contribution in [2.24, 2.45) is 0 Å². The summed E-state index contributed by atoms with van der Waals surface area (Å²) < 4.78 is 17.0. The molecule has 4 aromatic rings. The first-order valence-corrected chi connectivity index (χ1v) is 12.1. The van der Waals surface area contributed by atoms with Crippen molar-refractivity contribution >= 4 is 44.7 Å². The number of aromatic nitrogens is 1. The van der Waals surface area contributed by atoms with Crippen LogP contribution in [-0.4, -0.2) is 47.1 Å². The minimum Gasteiger partial charge on any atom is -0.486 e. The summed E-state index contributed by atoms with van der Waals surface area (Å²) in [5, 5.41) is 26.6. The van der Waals surface area contributed by atoms with E-state index in [9.17, 15) is 10.2 Å². The second kappa shape index (κ2) is 10.2. The fourth-order valence-electron chi connectivity index (χ4n) is 3.82. The lowest BCUT2D eigenvalue weighted by molar-refractivity contribution is 0.170. The average molecular weight is 498 g/mol. The number of halogens is 1. The summed E-state index contributed by atoms with van der Waals surface area (Å²) in [7, 11) is 0. The molecule has 4 N–H and O–H groups in total. The fourth-order valence-corrected chi connectivity index (χ4v) is 4.90. The van der Waals surface area contributed by atoms with E-state index in [0.717, 1.165) is 49.8 Å². The zero-order valence-corrected chi connectivity index (χ0v) is 19.8. The molecule has 176 valence electrons. The van der Waals surface area contributed by atoms with E-state index < -0.39 is 0 Å². The van der Waals surface area contributed by atoms with Gasteiger partial charge in [-0.1, -0.05) is 35.9 Å². The van der Waals surface area contributed by atoms with Gasteiger partial charge in [0, 0.05) is 17.5 Å². The van der Waals surface area contributed by atoms with E-state index in [-0.39, 0.29) is 19.3 Å². The van der Waals surface area contributed by atoms with E-state index in [1.807, 2.05) is 48.5 Å². The number of aliphatic hydroxyl groups is 2. The number of rotatable bonds is 8. The summed E-state index contributed by atoms with van der Waals surface area (Å²) in [6.07, 6.45) is 0. The Morgan fingerprint density at radius 1 is 1.00 bits per heavy atom. The number of fused-ring (bicyclic) bond motifs is 2. The SMILES string of the molecule is OCC(CO)NCc1ccc2c(Nc3cccc(-c4ccc5c(c4)OCCO5)c3Cl)nsc2c1. The zero-order chi connectivity index (χ0) is 23.5. The van der Waals surface area contributed by atoms with Crippen molar-refractivity contribution in [3.05, 3.63) is 65.2 Å². The molecule has 0 amide bonds. The number of hydrogen-bond acceptors (Lipinski definition) is 8. The van der Waals surface area contributed by atoms with Gasteiger partial charge in [-0.25, -0.2) is 0 Å². The molecule has 0 spiro atoms. The molecule has 0 saturated carbocycles. The highest BCUT2D eigenvalue weighted by Gasteiger charge is 2.16.